The van der Waals surface area contributed by atoms with Crippen LogP contribution in [0, 0.1) is 0 Å². The third kappa shape index (κ3) is 3.63. The summed E-state index contributed by atoms with van der Waals surface area (Å²) in [5, 5.41) is 10.6. The van der Waals surface area contributed by atoms with Crippen molar-refractivity contribution in [2.45, 2.75) is 12.5 Å². The largest absolute Gasteiger partial charge is 0.504 e. The lowest BCUT2D eigenvalue weighted by atomic mass is 10.0. The Kier molecular flexibility index (Phi) is 4.81. The van der Waals surface area contributed by atoms with Gasteiger partial charge in [0, 0.05) is 51.3 Å². The van der Waals surface area contributed by atoms with Crippen molar-refractivity contribution in [1.82, 2.24) is 14.2 Å². The first-order valence-electron chi connectivity index (χ1n) is 10.9. The van der Waals surface area contributed by atoms with Gasteiger partial charge in [-0.15, -0.1) is 0 Å². The highest BCUT2D eigenvalue weighted by atomic mass is 31.2. The predicted octanol–water partition coefficient (Wildman–Crippen LogP) is 3.19. The number of phenolic OH excluding ortho intramolecular Hbond substituents is 1. The first-order valence-corrected chi connectivity index (χ1v) is 12.5. The van der Waals surface area contributed by atoms with Crippen LogP contribution in [0.4, 0.5) is 0 Å². The second-order valence-electron chi connectivity index (χ2n) is 8.50. The van der Waals surface area contributed by atoms with Crippen LogP contribution in [-0.2, 0) is 9.09 Å². The molecular weight excluding hydrogens is 449 g/mol. The maximum atomic E-state index is 13.5. The van der Waals surface area contributed by atoms with Crippen molar-refractivity contribution in [3.8, 4) is 28.7 Å². The van der Waals surface area contributed by atoms with Crippen molar-refractivity contribution >= 4 is 13.6 Å². The van der Waals surface area contributed by atoms with Crippen molar-refractivity contribution in [3.63, 3.8) is 0 Å². The Morgan fingerprint density at radius 2 is 1.85 bits per heavy atom. The summed E-state index contributed by atoms with van der Waals surface area (Å²) in [5.41, 5.74) is 1.06. The van der Waals surface area contributed by atoms with Crippen molar-refractivity contribution in [3.05, 3.63) is 41.5 Å². The number of carbonyl (C=O) groups excluding carboxylic acids is 1. The molecule has 2 aromatic rings. The number of ether oxygens (including phenoxy) is 3. The third-order valence-corrected chi connectivity index (χ3v) is 8.84. The topological polar surface area (TPSA) is 101 Å². The molecule has 174 valence electrons. The average molecular weight is 473 g/mol. The lowest BCUT2D eigenvalue weighted by Crippen LogP contribution is -2.35. The van der Waals surface area contributed by atoms with E-state index in [0.29, 0.717) is 41.4 Å². The highest BCUT2D eigenvalue weighted by molar-refractivity contribution is 7.54. The molecule has 33 heavy (non-hydrogen) atoms. The Morgan fingerprint density at radius 3 is 2.58 bits per heavy atom. The molecule has 1 atom stereocenters. The number of aromatic hydroxyl groups is 1. The van der Waals surface area contributed by atoms with E-state index in [4.69, 9.17) is 18.7 Å². The molecule has 0 aliphatic carbocycles. The second-order valence-corrected chi connectivity index (χ2v) is 10.8. The van der Waals surface area contributed by atoms with Crippen LogP contribution < -0.4 is 14.2 Å². The fourth-order valence-electron chi connectivity index (χ4n) is 4.09. The molecule has 1 amide bonds. The summed E-state index contributed by atoms with van der Waals surface area (Å²) in [6.07, 6.45) is 0.0769. The molecule has 4 heterocycles. The van der Waals surface area contributed by atoms with Gasteiger partial charge in [-0.2, -0.15) is 0 Å². The lowest BCUT2D eigenvalue weighted by molar-refractivity contribution is 0.0589. The summed E-state index contributed by atoms with van der Waals surface area (Å²) < 4.78 is 41.0. The Balaban J connectivity index is 1.32. The Morgan fingerprint density at radius 1 is 1.09 bits per heavy atom. The molecule has 0 radical (unpaired) electrons. The van der Waals surface area contributed by atoms with Crippen LogP contribution in [0.2, 0.25) is 0 Å². The number of hydrogen-bond acceptors (Lipinski definition) is 7. The first kappa shape index (κ1) is 20.8. The summed E-state index contributed by atoms with van der Waals surface area (Å²) in [6.45, 7) is 3.56. The zero-order valence-corrected chi connectivity index (χ0v) is 19.0. The molecule has 4 aliphatic rings. The number of hydrogen-bond donors (Lipinski definition) is 1. The number of fused-ring (bicyclic) bond motifs is 2. The fraction of sp³-hybridized carbons (Fsp3) is 0.409. The molecule has 0 saturated carbocycles. The van der Waals surface area contributed by atoms with Gasteiger partial charge in [0.05, 0.1) is 18.3 Å². The van der Waals surface area contributed by atoms with Crippen LogP contribution in [0.5, 0.6) is 28.7 Å². The van der Waals surface area contributed by atoms with Gasteiger partial charge in [0.1, 0.15) is 5.75 Å². The second kappa shape index (κ2) is 7.63. The molecule has 6 rings (SSSR count). The van der Waals surface area contributed by atoms with E-state index >= 15 is 0 Å². The zero-order valence-electron chi connectivity index (χ0n) is 18.1. The molecule has 4 aliphatic heterocycles. The lowest BCUT2D eigenvalue weighted by Gasteiger charge is -2.31. The highest BCUT2D eigenvalue weighted by Gasteiger charge is 2.51. The van der Waals surface area contributed by atoms with Gasteiger partial charge in [0.15, 0.2) is 29.7 Å². The van der Waals surface area contributed by atoms with Gasteiger partial charge >= 0.3 is 7.67 Å². The van der Waals surface area contributed by atoms with E-state index in [1.54, 1.807) is 31.3 Å². The number of amides is 1. The van der Waals surface area contributed by atoms with E-state index in [1.807, 2.05) is 9.34 Å². The molecule has 2 fully saturated rings. The summed E-state index contributed by atoms with van der Waals surface area (Å²) in [6, 6.07) is 8.18. The summed E-state index contributed by atoms with van der Waals surface area (Å²) in [4.78, 5) is 13.9. The molecule has 10 nitrogen and oxygen atoms in total. The average Bonchev–Trinajstić information content (AvgIpc) is 3.70. The van der Waals surface area contributed by atoms with Crippen molar-refractivity contribution < 1.29 is 33.2 Å². The van der Waals surface area contributed by atoms with Crippen molar-refractivity contribution in [2.75, 3.05) is 46.6 Å². The van der Waals surface area contributed by atoms with Gasteiger partial charge in [-0.25, -0.2) is 9.34 Å². The number of carbonyl (C=O) groups is 1. The van der Waals surface area contributed by atoms with E-state index < -0.39 is 13.8 Å². The Hall–Kier alpha value is -2.78. The van der Waals surface area contributed by atoms with Crippen LogP contribution in [0.25, 0.3) is 0 Å². The summed E-state index contributed by atoms with van der Waals surface area (Å²) >= 11 is 0. The molecule has 0 bridgehead atoms. The normalized spacial score (nSPS) is 22.2. The minimum absolute atomic E-state index is 0.106. The van der Waals surface area contributed by atoms with Crippen molar-refractivity contribution in [2.24, 2.45) is 0 Å². The smallest absolute Gasteiger partial charge is 0.346 e. The standard InChI is InChI=1S/C22H24N3O7P/c1-23-13-30-21-14(22(23)27)3-2-4-18(21)31-20-11-15-17(5-10-29-19(15)12-16(20)26)32-33(28,24-6-7-24)25-8-9-25/h2-4,11-12,17,26H,5-10,13H2,1H3. The van der Waals surface area contributed by atoms with E-state index in [9.17, 15) is 14.5 Å². The highest BCUT2D eigenvalue weighted by Crippen LogP contribution is 2.64. The van der Waals surface area contributed by atoms with E-state index in [-0.39, 0.29) is 24.1 Å². The van der Waals surface area contributed by atoms with Crippen LogP contribution in [0.3, 0.4) is 0 Å². The Bertz CT molecular complexity index is 1160. The van der Waals surface area contributed by atoms with Crippen LogP contribution in [0.1, 0.15) is 28.4 Å². The number of phenols is 1. The predicted molar refractivity (Wildman–Crippen MR) is 117 cm³/mol. The monoisotopic (exact) mass is 473 g/mol. The maximum Gasteiger partial charge on any atom is 0.346 e. The SMILES string of the molecule is CN1COc2c(Oc3cc4c(cc3O)OCCC4OP(=O)(N3CC3)N3CC3)cccc2C1=O. The minimum Gasteiger partial charge on any atom is -0.504 e. The number of benzene rings is 2. The van der Waals surface area contributed by atoms with Crippen LogP contribution in [-0.4, -0.2) is 71.8 Å². The van der Waals surface area contributed by atoms with E-state index in [0.717, 1.165) is 26.2 Å². The van der Waals surface area contributed by atoms with Gasteiger partial charge in [-0.05, 0) is 18.2 Å². The quantitative estimate of drug-likeness (QED) is 0.501. The number of rotatable bonds is 6. The van der Waals surface area contributed by atoms with E-state index in [2.05, 4.69) is 0 Å². The van der Waals surface area contributed by atoms with Crippen LogP contribution >= 0.6 is 7.67 Å². The molecule has 1 N–H and O–H groups in total. The van der Waals surface area contributed by atoms with Gasteiger partial charge in [-0.3, -0.25) is 13.9 Å². The molecule has 0 aromatic heterocycles. The minimum atomic E-state index is -3.04. The molecule has 11 heteroatoms. The summed E-state index contributed by atoms with van der Waals surface area (Å²) in [5.74, 6) is 1.00. The summed E-state index contributed by atoms with van der Waals surface area (Å²) in [7, 11) is -1.39. The zero-order chi connectivity index (χ0) is 22.7. The van der Waals surface area contributed by atoms with Gasteiger partial charge < -0.3 is 24.2 Å². The van der Waals surface area contributed by atoms with Gasteiger partial charge in [-0.1, -0.05) is 6.07 Å². The number of nitrogens with zero attached hydrogens (tertiary/aromatic N) is 3. The molecule has 1 unspecified atom stereocenters. The third-order valence-electron chi connectivity index (χ3n) is 6.08. The molecule has 2 aromatic carbocycles. The van der Waals surface area contributed by atoms with Crippen molar-refractivity contribution in [1.29, 1.82) is 0 Å². The maximum absolute atomic E-state index is 13.5. The van der Waals surface area contributed by atoms with Gasteiger partial charge in [0.25, 0.3) is 5.91 Å². The molecule has 0 spiro atoms. The Labute approximate surface area is 190 Å². The van der Waals surface area contributed by atoms with E-state index in [1.165, 1.54) is 11.0 Å². The van der Waals surface area contributed by atoms with Crippen LogP contribution in [0.15, 0.2) is 30.3 Å². The number of para-hydroxylation sites is 1. The van der Waals surface area contributed by atoms with Gasteiger partial charge in [0.2, 0.25) is 0 Å². The fourth-order valence-corrected chi connectivity index (χ4v) is 6.46. The molecular formula is C22H24N3O7P. The molecule has 2 saturated heterocycles. The first-order chi connectivity index (χ1) is 15.9.